The summed E-state index contributed by atoms with van der Waals surface area (Å²) in [5.74, 6) is -0.635. The smallest absolute Gasteiger partial charge is 0.303 e. The van der Waals surface area contributed by atoms with Gasteiger partial charge in [-0.2, -0.15) is 0 Å². The minimum absolute atomic E-state index is 0.0443. The zero-order valence-electron chi connectivity index (χ0n) is 10.1. The zero-order chi connectivity index (χ0) is 12.3. The highest BCUT2D eigenvalue weighted by Crippen LogP contribution is 2.22. The average molecular weight is 228 g/mol. The molecule has 1 aliphatic heterocycles. The molecule has 1 amide bonds. The van der Waals surface area contributed by atoms with Gasteiger partial charge in [-0.1, -0.05) is 0 Å². The maximum atomic E-state index is 12.0. The molecule has 0 spiro atoms. The zero-order valence-corrected chi connectivity index (χ0v) is 10.1. The molecule has 16 heavy (non-hydrogen) atoms. The molecule has 1 atom stereocenters. The number of aliphatic carboxylic acids is 1. The molecule has 1 heterocycles. The summed E-state index contributed by atoms with van der Waals surface area (Å²) in [6.07, 6.45) is 0.946. The van der Waals surface area contributed by atoms with Crippen LogP contribution in [0.3, 0.4) is 0 Å². The Labute approximate surface area is 95.8 Å². The molecule has 1 unspecified atom stereocenters. The summed E-state index contributed by atoms with van der Waals surface area (Å²) < 4.78 is 0. The van der Waals surface area contributed by atoms with Crippen LogP contribution in [0.15, 0.2) is 0 Å². The van der Waals surface area contributed by atoms with Crippen molar-refractivity contribution in [2.45, 2.75) is 32.2 Å². The van der Waals surface area contributed by atoms with Crippen molar-refractivity contribution in [2.24, 2.45) is 5.92 Å². The van der Waals surface area contributed by atoms with Gasteiger partial charge in [0.25, 0.3) is 0 Å². The van der Waals surface area contributed by atoms with Crippen LogP contribution in [0.2, 0.25) is 0 Å². The van der Waals surface area contributed by atoms with Gasteiger partial charge in [-0.25, -0.2) is 0 Å². The Hall–Kier alpha value is -1.10. The normalized spacial score (nSPS) is 21.2. The molecule has 2 N–H and O–H groups in total. The average Bonchev–Trinajstić information content (AvgIpc) is 2.64. The number of carbonyl (C=O) groups excluding carboxylic acids is 1. The summed E-state index contributed by atoms with van der Waals surface area (Å²) in [6.45, 7) is 4.90. The molecule has 1 saturated heterocycles. The third-order valence-corrected chi connectivity index (χ3v) is 3.20. The van der Waals surface area contributed by atoms with E-state index in [0.717, 1.165) is 6.42 Å². The van der Waals surface area contributed by atoms with Crippen LogP contribution >= 0.6 is 0 Å². The van der Waals surface area contributed by atoms with Crippen molar-refractivity contribution in [1.29, 1.82) is 0 Å². The van der Waals surface area contributed by atoms with Gasteiger partial charge < -0.3 is 15.3 Å². The summed E-state index contributed by atoms with van der Waals surface area (Å²) in [5, 5.41) is 11.7. The molecule has 5 heteroatoms. The monoisotopic (exact) mass is 228 g/mol. The summed E-state index contributed by atoms with van der Waals surface area (Å²) in [6, 6.07) is 0. The molecule has 1 rings (SSSR count). The van der Waals surface area contributed by atoms with Crippen LogP contribution in [0.1, 0.15) is 26.7 Å². The third kappa shape index (κ3) is 2.95. The van der Waals surface area contributed by atoms with Gasteiger partial charge in [0.05, 0.1) is 5.54 Å². The van der Waals surface area contributed by atoms with Crippen LogP contribution in [0.5, 0.6) is 0 Å². The van der Waals surface area contributed by atoms with E-state index in [1.165, 1.54) is 0 Å². The second-order valence-corrected chi connectivity index (χ2v) is 4.88. The van der Waals surface area contributed by atoms with Crippen molar-refractivity contribution >= 4 is 11.9 Å². The van der Waals surface area contributed by atoms with Crippen molar-refractivity contribution in [1.82, 2.24) is 10.2 Å². The van der Waals surface area contributed by atoms with E-state index in [1.807, 2.05) is 13.8 Å². The van der Waals surface area contributed by atoms with Crippen LogP contribution in [-0.2, 0) is 9.59 Å². The first-order valence-electron chi connectivity index (χ1n) is 5.57. The summed E-state index contributed by atoms with van der Waals surface area (Å²) in [5.41, 5.74) is -0.571. The van der Waals surface area contributed by atoms with Crippen molar-refractivity contribution in [2.75, 3.05) is 20.1 Å². The molecule has 0 aromatic carbocycles. The number of likely N-dealkylation sites (N-methyl/N-ethyl adjacent to an activating group) is 1. The minimum atomic E-state index is -0.785. The lowest BCUT2D eigenvalue weighted by atomic mass is 10.0. The first kappa shape index (κ1) is 13.0. The Morgan fingerprint density at radius 1 is 1.50 bits per heavy atom. The number of nitrogens with zero attached hydrogens (tertiary/aromatic N) is 1. The largest absolute Gasteiger partial charge is 0.481 e. The quantitative estimate of drug-likeness (QED) is 0.726. The molecule has 0 radical (unpaired) electrons. The van der Waals surface area contributed by atoms with Gasteiger partial charge in [-0.3, -0.25) is 9.59 Å². The van der Waals surface area contributed by atoms with Gasteiger partial charge >= 0.3 is 5.97 Å². The maximum absolute atomic E-state index is 12.0. The highest BCUT2D eigenvalue weighted by atomic mass is 16.4. The van der Waals surface area contributed by atoms with Crippen molar-refractivity contribution in [3.63, 3.8) is 0 Å². The van der Waals surface area contributed by atoms with E-state index >= 15 is 0 Å². The lowest BCUT2D eigenvalue weighted by Crippen LogP contribution is -2.52. The standard InChI is InChI=1S/C11H20N2O3/c1-11(2,12-3)10(16)13-5-4-8(7-13)6-9(14)15/h8,12H,4-7H2,1-3H3,(H,14,15). The molecule has 0 aromatic heterocycles. The highest BCUT2D eigenvalue weighted by molar-refractivity contribution is 5.85. The highest BCUT2D eigenvalue weighted by Gasteiger charge is 2.35. The summed E-state index contributed by atoms with van der Waals surface area (Å²) >= 11 is 0. The van der Waals surface area contributed by atoms with Gasteiger partial charge in [0.15, 0.2) is 0 Å². The Bertz CT molecular complexity index is 289. The second-order valence-electron chi connectivity index (χ2n) is 4.88. The van der Waals surface area contributed by atoms with E-state index in [9.17, 15) is 9.59 Å². The first-order chi connectivity index (χ1) is 7.36. The van der Waals surface area contributed by atoms with Crippen LogP contribution in [-0.4, -0.2) is 47.6 Å². The van der Waals surface area contributed by atoms with Gasteiger partial charge in [0.1, 0.15) is 0 Å². The Morgan fingerprint density at radius 3 is 2.62 bits per heavy atom. The van der Waals surface area contributed by atoms with Crippen molar-refractivity contribution < 1.29 is 14.7 Å². The Kier molecular flexibility index (Phi) is 3.91. The third-order valence-electron chi connectivity index (χ3n) is 3.20. The van der Waals surface area contributed by atoms with Gasteiger partial charge in [-0.15, -0.1) is 0 Å². The van der Waals surface area contributed by atoms with Gasteiger partial charge in [0.2, 0.25) is 5.91 Å². The molecular formula is C11H20N2O3. The molecule has 92 valence electrons. The number of hydrogen-bond acceptors (Lipinski definition) is 3. The van der Waals surface area contributed by atoms with Crippen LogP contribution in [0.4, 0.5) is 0 Å². The van der Waals surface area contributed by atoms with Gasteiger partial charge in [0, 0.05) is 19.5 Å². The number of rotatable bonds is 4. The molecule has 0 aromatic rings. The molecule has 0 bridgehead atoms. The van der Waals surface area contributed by atoms with Crippen LogP contribution in [0, 0.1) is 5.92 Å². The van der Waals surface area contributed by atoms with E-state index in [0.29, 0.717) is 13.1 Å². The van der Waals surface area contributed by atoms with Crippen molar-refractivity contribution in [3.8, 4) is 0 Å². The van der Waals surface area contributed by atoms with Gasteiger partial charge in [-0.05, 0) is 33.2 Å². The maximum Gasteiger partial charge on any atom is 0.303 e. The molecule has 1 fully saturated rings. The number of hydrogen-bond donors (Lipinski definition) is 2. The number of amides is 1. The lowest BCUT2D eigenvalue weighted by Gasteiger charge is -2.28. The predicted molar refractivity (Wildman–Crippen MR) is 60.1 cm³/mol. The predicted octanol–water partition coefficient (Wildman–Crippen LogP) is 0.308. The summed E-state index contributed by atoms with van der Waals surface area (Å²) in [4.78, 5) is 24.4. The SMILES string of the molecule is CNC(C)(C)C(=O)N1CCC(CC(=O)O)C1. The van der Waals surface area contributed by atoms with E-state index in [2.05, 4.69) is 5.32 Å². The number of nitrogens with one attached hydrogen (secondary N) is 1. The number of carboxylic acid groups (broad SMARTS) is 1. The first-order valence-corrected chi connectivity index (χ1v) is 5.57. The Balaban J connectivity index is 2.53. The van der Waals surface area contributed by atoms with Crippen LogP contribution in [0.25, 0.3) is 0 Å². The van der Waals surface area contributed by atoms with Crippen molar-refractivity contribution in [3.05, 3.63) is 0 Å². The fourth-order valence-corrected chi connectivity index (χ4v) is 1.93. The lowest BCUT2D eigenvalue weighted by molar-refractivity contribution is -0.139. The molecule has 0 aliphatic carbocycles. The molecule has 1 aliphatic rings. The van der Waals surface area contributed by atoms with E-state index in [4.69, 9.17) is 5.11 Å². The fourth-order valence-electron chi connectivity index (χ4n) is 1.93. The van der Waals surface area contributed by atoms with E-state index in [1.54, 1.807) is 11.9 Å². The Morgan fingerprint density at radius 2 is 2.12 bits per heavy atom. The fraction of sp³-hybridized carbons (Fsp3) is 0.818. The summed E-state index contributed by atoms with van der Waals surface area (Å²) in [7, 11) is 1.75. The number of carboxylic acids is 1. The molecule has 0 saturated carbocycles. The molecule has 5 nitrogen and oxygen atoms in total. The number of likely N-dealkylation sites (tertiary alicyclic amines) is 1. The van der Waals surface area contributed by atoms with Crippen LogP contribution < -0.4 is 5.32 Å². The van der Waals surface area contributed by atoms with E-state index in [-0.39, 0.29) is 18.2 Å². The second kappa shape index (κ2) is 4.82. The van der Waals surface area contributed by atoms with E-state index < -0.39 is 11.5 Å². The minimum Gasteiger partial charge on any atom is -0.481 e. The number of carbonyl (C=O) groups is 2. The topological polar surface area (TPSA) is 69.6 Å². The molecular weight excluding hydrogens is 208 g/mol.